The van der Waals surface area contributed by atoms with Crippen molar-refractivity contribution in [3.63, 3.8) is 0 Å². The summed E-state index contributed by atoms with van der Waals surface area (Å²) in [5.74, 6) is 0. The Morgan fingerprint density at radius 3 is 1.68 bits per heavy atom. The first-order chi connectivity index (χ1) is 10.3. The van der Waals surface area contributed by atoms with Crippen LogP contribution in [0, 0.1) is 0 Å². The van der Waals surface area contributed by atoms with Crippen LogP contribution >= 0.6 is 0 Å². The van der Waals surface area contributed by atoms with Gasteiger partial charge in [0.2, 0.25) is 0 Å². The van der Waals surface area contributed by atoms with Crippen LogP contribution in [0.4, 0.5) is 0 Å². The molecule has 1 fully saturated rings. The lowest BCUT2D eigenvalue weighted by atomic mass is 9.48. The molecule has 0 unspecified atom stereocenters. The van der Waals surface area contributed by atoms with Gasteiger partial charge in [0.25, 0.3) is 6.55 Å². The van der Waals surface area contributed by atoms with Crippen molar-refractivity contribution in [1.29, 1.82) is 0 Å². The van der Waals surface area contributed by atoms with Gasteiger partial charge < -0.3 is 9.31 Å². The molecule has 2 aromatic carbocycles. The maximum absolute atomic E-state index is 6.58. The van der Waals surface area contributed by atoms with Crippen LogP contribution in [-0.4, -0.2) is 17.8 Å². The molecule has 0 N–H and O–H groups in total. The van der Waals surface area contributed by atoms with Crippen molar-refractivity contribution in [3.05, 3.63) is 66.2 Å². The van der Waals surface area contributed by atoms with Gasteiger partial charge in [-0.3, -0.25) is 0 Å². The summed E-state index contributed by atoms with van der Waals surface area (Å²) >= 11 is 0. The first kappa shape index (κ1) is 15.3. The second kappa shape index (κ2) is 5.25. The van der Waals surface area contributed by atoms with Gasteiger partial charge in [-0.15, -0.1) is 0 Å². The van der Waals surface area contributed by atoms with Crippen molar-refractivity contribution < 1.29 is 9.31 Å². The summed E-state index contributed by atoms with van der Waals surface area (Å²) in [6.45, 7) is 6.92. The molecule has 1 aliphatic rings. The van der Waals surface area contributed by atoms with E-state index in [1.807, 2.05) is 12.1 Å². The van der Waals surface area contributed by atoms with E-state index in [1.54, 1.807) is 0 Å². The Labute approximate surface area is 133 Å². The Hall–Kier alpha value is -1.58. The van der Waals surface area contributed by atoms with Crippen LogP contribution in [0.25, 0.3) is 0 Å². The van der Waals surface area contributed by atoms with E-state index in [2.05, 4.69) is 76.2 Å². The molecule has 3 heteroatoms. The van der Waals surface area contributed by atoms with Gasteiger partial charge in [0.15, 0.2) is 0 Å². The molecule has 2 nitrogen and oxygen atoms in total. The monoisotopic (exact) mass is 295 g/mol. The van der Waals surface area contributed by atoms with E-state index < -0.39 is 6.55 Å². The molecule has 0 radical (unpaired) electrons. The average Bonchev–Trinajstić information content (AvgIpc) is 2.66. The summed E-state index contributed by atoms with van der Waals surface area (Å²) in [5.41, 5.74) is 1.69. The Kier molecular flexibility index (Phi) is 3.66. The van der Waals surface area contributed by atoms with Crippen molar-refractivity contribution in [2.75, 3.05) is 0 Å². The maximum Gasteiger partial charge on any atom is 0.274 e. The highest BCUT2D eigenvalue weighted by Gasteiger charge is 2.51. The molecule has 1 heterocycles. The van der Waals surface area contributed by atoms with Gasteiger partial charge in [0, 0.05) is 11.2 Å². The topological polar surface area (TPSA) is 18.5 Å². The predicted octanol–water partition coefficient (Wildman–Crippen LogP) is 3.72. The van der Waals surface area contributed by atoms with Gasteiger partial charge >= 0.3 is 0 Å². The smallest absolute Gasteiger partial charge is 0.274 e. The van der Waals surface area contributed by atoms with Gasteiger partial charge in [-0.25, -0.2) is 0 Å². The molecule has 0 spiro atoms. The fraction of sp³-hybridized carbons (Fsp3) is 0.368. The molecule has 1 saturated heterocycles. The van der Waals surface area contributed by atoms with Gasteiger partial charge in [0.1, 0.15) is 0 Å². The van der Waals surface area contributed by atoms with E-state index in [4.69, 9.17) is 9.31 Å². The van der Waals surface area contributed by atoms with E-state index in [9.17, 15) is 0 Å². The van der Waals surface area contributed by atoms with Crippen molar-refractivity contribution in [1.82, 2.24) is 0 Å². The molecule has 22 heavy (non-hydrogen) atoms. The summed E-state index contributed by atoms with van der Waals surface area (Å²) < 4.78 is 13.2. The Bertz CT molecular complexity index is 619. The Balaban J connectivity index is 2.05. The molecule has 0 aliphatic carbocycles. The molecule has 1 aliphatic heterocycles. The van der Waals surface area contributed by atoms with Crippen LogP contribution < -0.4 is 5.46 Å². The predicted molar refractivity (Wildman–Crippen MR) is 92.3 cm³/mol. The van der Waals surface area contributed by atoms with Crippen LogP contribution in [-0.2, 0) is 15.6 Å². The van der Waals surface area contributed by atoms with E-state index in [1.165, 1.54) is 5.56 Å². The first-order valence-corrected chi connectivity index (χ1v) is 8.00. The highest BCUT2D eigenvalue weighted by molar-refractivity contribution is 6.81. The quantitative estimate of drug-likeness (QED) is 0.803. The van der Waals surface area contributed by atoms with Gasteiger partial charge in [-0.1, -0.05) is 72.5 Å². The molecular formula is C19H24BO2-. The zero-order valence-corrected chi connectivity index (χ0v) is 13.9. The minimum atomic E-state index is -1.54. The van der Waals surface area contributed by atoms with Crippen LogP contribution in [0.2, 0.25) is 0 Å². The van der Waals surface area contributed by atoms with Gasteiger partial charge in [0.05, 0.1) is 0 Å². The molecule has 3 rings (SSSR count). The molecule has 0 aromatic heterocycles. The second-order valence-electron chi connectivity index (χ2n) is 7.23. The lowest BCUT2D eigenvalue weighted by Crippen LogP contribution is -2.53. The van der Waals surface area contributed by atoms with Crippen molar-refractivity contribution in [2.45, 2.75) is 45.2 Å². The third kappa shape index (κ3) is 2.60. The highest BCUT2D eigenvalue weighted by Crippen LogP contribution is 2.42. The second-order valence-corrected chi connectivity index (χ2v) is 7.23. The summed E-state index contributed by atoms with van der Waals surface area (Å²) in [6, 6.07) is 20.8. The van der Waals surface area contributed by atoms with E-state index >= 15 is 0 Å². The first-order valence-electron chi connectivity index (χ1n) is 8.00. The molecule has 0 amide bonds. The molecule has 0 bridgehead atoms. The Morgan fingerprint density at radius 2 is 1.18 bits per heavy atom. The number of benzene rings is 2. The molecule has 116 valence electrons. The minimum absolute atomic E-state index is 0.336. The lowest BCUT2D eigenvalue weighted by molar-refractivity contribution is 0.00578. The van der Waals surface area contributed by atoms with Crippen LogP contribution in [0.5, 0.6) is 0 Å². The molecule has 2 aromatic rings. The van der Waals surface area contributed by atoms with Gasteiger partial charge in [-0.2, -0.15) is 5.46 Å². The number of hydrogen-bond donors (Lipinski definition) is 0. The van der Waals surface area contributed by atoms with Crippen molar-refractivity contribution in [2.24, 2.45) is 0 Å². The lowest BCUT2D eigenvalue weighted by Gasteiger charge is -2.38. The third-order valence-electron chi connectivity index (χ3n) is 5.07. The van der Waals surface area contributed by atoms with Crippen LogP contribution in [0.3, 0.4) is 0 Å². The number of rotatable bonds is 3. The number of hydrogen-bond acceptors (Lipinski definition) is 2. The largest absolute Gasteiger partial charge is 0.558 e. The fourth-order valence-electron chi connectivity index (χ4n) is 3.27. The standard InChI is InChI=1S/C19H24BO2/c1-18(2)19(3,4)22-20(21-18,17-13-9-6-10-14-17)15-16-11-7-5-8-12-16/h5-14H,15H2,1-4H3/q-1. The zero-order valence-electron chi connectivity index (χ0n) is 13.9. The highest BCUT2D eigenvalue weighted by atomic mass is 16.7. The Morgan fingerprint density at radius 1 is 0.727 bits per heavy atom. The molecule has 0 atom stereocenters. The normalized spacial score (nSPS) is 21.6. The maximum atomic E-state index is 6.58. The summed E-state index contributed by atoms with van der Waals surface area (Å²) in [5, 5.41) is 0. The van der Waals surface area contributed by atoms with Crippen LogP contribution in [0.15, 0.2) is 60.7 Å². The van der Waals surface area contributed by atoms with E-state index in [0.29, 0.717) is 0 Å². The zero-order chi connectivity index (χ0) is 15.8. The fourth-order valence-corrected chi connectivity index (χ4v) is 3.27. The summed E-state index contributed by atoms with van der Waals surface area (Å²) in [7, 11) is 0. The molecule has 0 saturated carbocycles. The third-order valence-corrected chi connectivity index (χ3v) is 5.07. The van der Waals surface area contributed by atoms with Crippen molar-refractivity contribution >= 4 is 12.0 Å². The van der Waals surface area contributed by atoms with E-state index in [-0.39, 0.29) is 11.2 Å². The average molecular weight is 295 g/mol. The summed E-state index contributed by atoms with van der Waals surface area (Å²) in [4.78, 5) is 0. The van der Waals surface area contributed by atoms with Crippen molar-refractivity contribution in [3.8, 4) is 0 Å². The molecular weight excluding hydrogens is 271 g/mol. The minimum Gasteiger partial charge on any atom is -0.558 e. The van der Waals surface area contributed by atoms with Crippen LogP contribution in [0.1, 0.15) is 33.3 Å². The van der Waals surface area contributed by atoms with E-state index in [0.717, 1.165) is 11.8 Å². The SMILES string of the molecule is CC1(C)O[B-](Cc2ccccc2)(c2ccccc2)OC1(C)C. The summed E-state index contributed by atoms with van der Waals surface area (Å²) in [6.07, 6.45) is 0.762. The van der Waals surface area contributed by atoms with Gasteiger partial charge in [-0.05, 0) is 27.7 Å².